The predicted octanol–water partition coefficient (Wildman–Crippen LogP) is -2.82. The number of esters is 1. The summed E-state index contributed by atoms with van der Waals surface area (Å²) in [6.45, 7) is -2.30. The number of carbonyl (C=O) groups is 1. The van der Waals surface area contributed by atoms with Gasteiger partial charge in [-0.25, -0.2) is 13.1 Å². The molecule has 0 aliphatic carbocycles. The Morgan fingerprint density at radius 1 is 1.24 bits per heavy atom. The van der Waals surface area contributed by atoms with Gasteiger partial charge in [0.15, 0.2) is 0 Å². The highest BCUT2D eigenvalue weighted by molar-refractivity contribution is 7.89. The minimum atomic E-state index is -3.91. The van der Waals surface area contributed by atoms with E-state index in [1.54, 1.807) is 0 Å². The topological polar surface area (TPSA) is 133 Å². The molecular weight excluding hydrogens is 254 g/mol. The first-order valence-electron chi connectivity index (χ1n) is 4.76. The molecule has 102 valence electrons. The zero-order valence-electron chi connectivity index (χ0n) is 9.42. The smallest absolute Gasteiger partial charge is 0.306 e. The van der Waals surface area contributed by atoms with Gasteiger partial charge in [0.2, 0.25) is 10.0 Å². The van der Waals surface area contributed by atoms with Gasteiger partial charge in [-0.2, -0.15) is 0 Å². The van der Waals surface area contributed by atoms with Crippen molar-refractivity contribution in [3.8, 4) is 0 Å². The summed E-state index contributed by atoms with van der Waals surface area (Å²) >= 11 is 0. The summed E-state index contributed by atoms with van der Waals surface area (Å²) in [6, 6.07) is 0. The van der Waals surface area contributed by atoms with Crippen LogP contribution in [-0.4, -0.2) is 67.9 Å². The van der Waals surface area contributed by atoms with Crippen molar-refractivity contribution in [1.82, 2.24) is 4.72 Å². The van der Waals surface area contributed by atoms with Gasteiger partial charge in [0.25, 0.3) is 0 Å². The number of aliphatic hydroxyl groups is 3. The molecule has 0 aliphatic heterocycles. The normalized spacial score (nSPS) is 12.5. The largest absolute Gasteiger partial charge is 0.469 e. The van der Waals surface area contributed by atoms with E-state index in [1.165, 1.54) is 0 Å². The van der Waals surface area contributed by atoms with Crippen molar-refractivity contribution in [3.63, 3.8) is 0 Å². The van der Waals surface area contributed by atoms with Gasteiger partial charge in [-0.3, -0.25) is 4.79 Å². The van der Waals surface area contributed by atoms with Crippen LogP contribution in [0.5, 0.6) is 0 Å². The zero-order chi connectivity index (χ0) is 13.5. The van der Waals surface area contributed by atoms with Crippen LogP contribution in [0, 0.1) is 0 Å². The van der Waals surface area contributed by atoms with Crippen molar-refractivity contribution in [2.45, 2.75) is 12.0 Å². The lowest BCUT2D eigenvalue weighted by molar-refractivity contribution is -0.140. The Morgan fingerprint density at radius 2 is 1.71 bits per heavy atom. The summed E-state index contributed by atoms with van der Waals surface area (Å²) < 4.78 is 29.2. The molecule has 0 saturated carbocycles. The van der Waals surface area contributed by atoms with E-state index >= 15 is 0 Å². The highest BCUT2D eigenvalue weighted by atomic mass is 32.2. The summed E-state index contributed by atoms with van der Waals surface area (Å²) in [4.78, 5) is 10.8. The molecule has 0 bridgehead atoms. The van der Waals surface area contributed by atoms with Crippen molar-refractivity contribution < 1.29 is 33.3 Å². The Kier molecular flexibility index (Phi) is 6.57. The minimum absolute atomic E-state index is 0.357. The number of methoxy groups -OCH3 is 1. The first-order chi connectivity index (χ1) is 7.84. The molecule has 0 aromatic heterocycles. The molecule has 0 atom stereocenters. The molecule has 0 unspecified atom stereocenters. The Labute approximate surface area is 99.3 Å². The van der Waals surface area contributed by atoms with E-state index in [0.29, 0.717) is 0 Å². The number of hydrogen-bond donors (Lipinski definition) is 4. The molecule has 0 aromatic rings. The standard InChI is InChI=1S/C8H17NO7S/c1-16-7(13)2-3-17(14,15)9-8(4-10,5-11)6-12/h9-12H,2-6H2,1H3. The number of rotatable bonds is 8. The molecule has 0 rings (SSSR count). The molecule has 0 spiro atoms. The van der Waals surface area contributed by atoms with E-state index in [-0.39, 0.29) is 6.42 Å². The fourth-order valence-corrected chi connectivity index (χ4v) is 2.34. The van der Waals surface area contributed by atoms with Crippen LogP contribution >= 0.6 is 0 Å². The second-order valence-corrected chi connectivity index (χ2v) is 5.34. The minimum Gasteiger partial charge on any atom is -0.469 e. The molecular formula is C8H17NO7S. The highest BCUT2D eigenvalue weighted by Crippen LogP contribution is 2.05. The van der Waals surface area contributed by atoms with Gasteiger partial charge in [-0.15, -0.1) is 0 Å². The van der Waals surface area contributed by atoms with E-state index in [1.807, 2.05) is 4.72 Å². The van der Waals surface area contributed by atoms with E-state index in [2.05, 4.69) is 4.74 Å². The Bertz CT molecular complexity index is 328. The second kappa shape index (κ2) is 6.87. The lowest BCUT2D eigenvalue weighted by Crippen LogP contribution is -2.57. The molecule has 0 aromatic carbocycles. The molecule has 8 nitrogen and oxygen atoms in total. The summed E-state index contributed by atoms with van der Waals surface area (Å²) in [5, 5.41) is 26.8. The van der Waals surface area contributed by atoms with Gasteiger partial charge < -0.3 is 20.1 Å². The summed E-state index contributed by atoms with van der Waals surface area (Å²) in [6.07, 6.45) is -0.357. The maximum atomic E-state index is 11.5. The lowest BCUT2D eigenvalue weighted by atomic mass is 10.1. The molecule has 0 amide bonds. The van der Waals surface area contributed by atoms with Crippen molar-refractivity contribution in [3.05, 3.63) is 0 Å². The van der Waals surface area contributed by atoms with E-state index < -0.39 is 47.1 Å². The molecule has 4 N–H and O–H groups in total. The lowest BCUT2D eigenvalue weighted by Gasteiger charge is -2.28. The van der Waals surface area contributed by atoms with Gasteiger partial charge >= 0.3 is 5.97 Å². The van der Waals surface area contributed by atoms with Crippen LogP contribution in [-0.2, 0) is 19.6 Å². The van der Waals surface area contributed by atoms with Crippen molar-refractivity contribution >= 4 is 16.0 Å². The first kappa shape index (κ1) is 16.3. The second-order valence-electron chi connectivity index (χ2n) is 3.50. The van der Waals surface area contributed by atoms with Gasteiger partial charge in [-0.05, 0) is 0 Å². The third-order valence-corrected chi connectivity index (χ3v) is 3.57. The summed E-state index contributed by atoms with van der Waals surface area (Å²) in [7, 11) is -2.78. The maximum absolute atomic E-state index is 11.5. The summed E-state index contributed by atoms with van der Waals surface area (Å²) in [5.74, 6) is -1.25. The maximum Gasteiger partial charge on any atom is 0.306 e. The number of carbonyl (C=O) groups excluding carboxylic acids is 1. The van der Waals surface area contributed by atoms with Crippen molar-refractivity contribution in [2.75, 3.05) is 32.7 Å². The fourth-order valence-electron chi connectivity index (χ4n) is 0.947. The fraction of sp³-hybridized carbons (Fsp3) is 0.875. The molecule has 0 aliphatic rings. The average molecular weight is 271 g/mol. The zero-order valence-corrected chi connectivity index (χ0v) is 10.2. The Morgan fingerprint density at radius 3 is 2.06 bits per heavy atom. The van der Waals surface area contributed by atoms with Crippen LogP contribution in [0.4, 0.5) is 0 Å². The van der Waals surface area contributed by atoms with E-state index in [9.17, 15) is 13.2 Å². The number of ether oxygens (including phenoxy) is 1. The monoisotopic (exact) mass is 271 g/mol. The predicted molar refractivity (Wildman–Crippen MR) is 57.5 cm³/mol. The van der Waals surface area contributed by atoms with Crippen molar-refractivity contribution in [1.29, 1.82) is 0 Å². The molecule has 9 heteroatoms. The number of hydrogen-bond acceptors (Lipinski definition) is 7. The van der Waals surface area contributed by atoms with Gasteiger partial charge in [0.05, 0.1) is 39.1 Å². The molecule has 0 heterocycles. The van der Waals surface area contributed by atoms with Crippen LogP contribution < -0.4 is 4.72 Å². The number of nitrogens with one attached hydrogen (secondary N) is 1. The third-order valence-electron chi connectivity index (χ3n) is 2.08. The van der Waals surface area contributed by atoms with Crippen LogP contribution in [0.25, 0.3) is 0 Å². The third kappa shape index (κ3) is 5.41. The number of aliphatic hydroxyl groups excluding tert-OH is 3. The van der Waals surface area contributed by atoms with E-state index in [0.717, 1.165) is 7.11 Å². The highest BCUT2D eigenvalue weighted by Gasteiger charge is 2.33. The Hall–Kier alpha value is -0.740. The first-order valence-corrected chi connectivity index (χ1v) is 6.41. The van der Waals surface area contributed by atoms with Crippen LogP contribution in [0.3, 0.4) is 0 Å². The molecule has 0 saturated heterocycles. The van der Waals surface area contributed by atoms with Gasteiger partial charge in [0, 0.05) is 0 Å². The number of sulfonamides is 1. The quantitative estimate of drug-likeness (QED) is 0.350. The van der Waals surface area contributed by atoms with Crippen LogP contribution in [0.1, 0.15) is 6.42 Å². The Balaban J connectivity index is 4.57. The van der Waals surface area contributed by atoms with Crippen LogP contribution in [0.15, 0.2) is 0 Å². The molecule has 0 radical (unpaired) electrons. The summed E-state index contributed by atoms with van der Waals surface area (Å²) in [5.41, 5.74) is -1.73. The van der Waals surface area contributed by atoms with E-state index in [4.69, 9.17) is 15.3 Å². The average Bonchev–Trinajstić information content (AvgIpc) is 2.33. The van der Waals surface area contributed by atoms with Gasteiger partial charge in [-0.1, -0.05) is 0 Å². The molecule has 17 heavy (non-hydrogen) atoms. The molecule has 0 fully saturated rings. The SMILES string of the molecule is COC(=O)CCS(=O)(=O)NC(CO)(CO)CO. The van der Waals surface area contributed by atoms with Crippen molar-refractivity contribution in [2.24, 2.45) is 0 Å². The van der Waals surface area contributed by atoms with Gasteiger partial charge in [0.1, 0.15) is 5.54 Å². The van der Waals surface area contributed by atoms with Crippen LogP contribution in [0.2, 0.25) is 0 Å².